The van der Waals surface area contributed by atoms with Gasteiger partial charge in [0.25, 0.3) is 0 Å². The number of rotatable bonds is 1. The summed E-state index contributed by atoms with van der Waals surface area (Å²) in [5.41, 5.74) is 0. The summed E-state index contributed by atoms with van der Waals surface area (Å²) in [5, 5.41) is 0. The predicted molar refractivity (Wildman–Crippen MR) is 33.7 cm³/mol. The van der Waals surface area contributed by atoms with Gasteiger partial charge in [-0.05, 0) is 0 Å². The van der Waals surface area contributed by atoms with Gasteiger partial charge in [0.2, 0.25) is 0 Å². The largest absolute Gasteiger partial charge is 0.349 e. The van der Waals surface area contributed by atoms with Gasteiger partial charge >= 0.3 is 0 Å². The standard InChI is InChI=1S/C5H8N2.Na/c1-2-5-6-3-4-7-5;/h3-4H,2H2,1H3,(H,6,7);. The Bertz CT molecular complexity index is 125. The molecular weight excluding hydrogens is 111 g/mol. The average Bonchev–Trinajstić information content (AvgIpc) is 2.14. The first-order chi connectivity index (χ1) is 3.43. The van der Waals surface area contributed by atoms with Crippen LogP contribution in [0, 0.1) is 0 Å². The van der Waals surface area contributed by atoms with E-state index in [0.29, 0.717) is 0 Å². The van der Waals surface area contributed by atoms with Gasteiger partial charge in [0.05, 0.1) is 0 Å². The molecular formula is C5H8N2Na. The quantitative estimate of drug-likeness (QED) is 0.538. The summed E-state index contributed by atoms with van der Waals surface area (Å²) in [7, 11) is 0. The van der Waals surface area contributed by atoms with E-state index in [2.05, 4.69) is 16.9 Å². The van der Waals surface area contributed by atoms with E-state index in [1.54, 1.807) is 6.20 Å². The van der Waals surface area contributed by atoms with Crippen molar-refractivity contribution in [1.82, 2.24) is 9.97 Å². The van der Waals surface area contributed by atoms with Gasteiger partial charge in [-0.15, -0.1) is 0 Å². The molecule has 0 unspecified atom stereocenters. The van der Waals surface area contributed by atoms with E-state index in [9.17, 15) is 0 Å². The molecule has 1 heterocycles. The zero-order valence-electron chi connectivity index (χ0n) is 5.31. The molecule has 1 aromatic rings. The van der Waals surface area contributed by atoms with Crippen molar-refractivity contribution in [1.29, 1.82) is 0 Å². The predicted octanol–water partition coefficient (Wildman–Crippen LogP) is 0.591. The van der Waals surface area contributed by atoms with Crippen LogP contribution >= 0.6 is 0 Å². The molecule has 1 aromatic heterocycles. The minimum atomic E-state index is 0. The molecule has 0 saturated heterocycles. The zero-order chi connectivity index (χ0) is 5.11. The van der Waals surface area contributed by atoms with Gasteiger partial charge in [-0.2, -0.15) is 0 Å². The van der Waals surface area contributed by atoms with E-state index >= 15 is 0 Å². The maximum Gasteiger partial charge on any atom is 0.105 e. The molecule has 0 amide bonds. The molecule has 1 N–H and O–H groups in total. The van der Waals surface area contributed by atoms with Crippen LogP contribution in [0.4, 0.5) is 0 Å². The number of aryl methyl sites for hydroxylation is 1. The summed E-state index contributed by atoms with van der Waals surface area (Å²) in [5.74, 6) is 1.06. The van der Waals surface area contributed by atoms with Crippen LogP contribution in [0.2, 0.25) is 0 Å². The normalized spacial score (nSPS) is 8.12. The van der Waals surface area contributed by atoms with Crippen LogP contribution < -0.4 is 0 Å². The third-order valence-corrected chi connectivity index (χ3v) is 0.890. The molecule has 8 heavy (non-hydrogen) atoms. The van der Waals surface area contributed by atoms with Crippen molar-refractivity contribution < 1.29 is 0 Å². The minimum absolute atomic E-state index is 0. The number of nitrogens with one attached hydrogen (secondary N) is 1. The zero-order valence-corrected chi connectivity index (χ0v) is 7.31. The Hall–Kier alpha value is 0.210. The van der Waals surface area contributed by atoms with Crippen LogP contribution in [0.25, 0.3) is 0 Å². The maximum atomic E-state index is 3.98. The Morgan fingerprint density at radius 2 is 2.50 bits per heavy atom. The number of aromatic nitrogens is 2. The summed E-state index contributed by atoms with van der Waals surface area (Å²) in [4.78, 5) is 6.95. The van der Waals surface area contributed by atoms with Crippen LogP contribution in [-0.4, -0.2) is 39.5 Å². The van der Waals surface area contributed by atoms with Crippen LogP contribution in [0.3, 0.4) is 0 Å². The molecule has 0 aromatic carbocycles. The van der Waals surface area contributed by atoms with Crippen LogP contribution in [0.15, 0.2) is 12.4 Å². The third kappa shape index (κ3) is 1.99. The number of imidazole rings is 1. The van der Waals surface area contributed by atoms with Crippen molar-refractivity contribution in [3.63, 3.8) is 0 Å². The summed E-state index contributed by atoms with van der Waals surface area (Å²) in [6.07, 6.45) is 4.59. The van der Waals surface area contributed by atoms with Crippen molar-refractivity contribution in [2.75, 3.05) is 0 Å². The number of H-pyrrole nitrogens is 1. The first kappa shape index (κ1) is 8.21. The fourth-order valence-corrected chi connectivity index (χ4v) is 0.491. The van der Waals surface area contributed by atoms with Crippen LogP contribution in [-0.2, 0) is 6.42 Å². The van der Waals surface area contributed by atoms with Crippen LogP contribution in [0.5, 0.6) is 0 Å². The minimum Gasteiger partial charge on any atom is -0.349 e. The molecule has 1 rings (SSSR count). The molecule has 0 fully saturated rings. The van der Waals surface area contributed by atoms with Gasteiger partial charge in [0.1, 0.15) is 5.82 Å². The molecule has 0 bridgehead atoms. The SMILES string of the molecule is CCc1ncc[nH]1.[Na]. The molecule has 3 heteroatoms. The number of hydrogen-bond donors (Lipinski definition) is 1. The van der Waals surface area contributed by atoms with Crippen LogP contribution in [0.1, 0.15) is 12.7 Å². The van der Waals surface area contributed by atoms with Crippen molar-refractivity contribution in [2.24, 2.45) is 0 Å². The summed E-state index contributed by atoms with van der Waals surface area (Å²) >= 11 is 0. The maximum absolute atomic E-state index is 3.98. The topological polar surface area (TPSA) is 28.7 Å². The molecule has 39 valence electrons. The van der Waals surface area contributed by atoms with E-state index in [1.165, 1.54) is 0 Å². The summed E-state index contributed by atoms with van der Waals surface area (Å²) in [6, 6.07) is 0. The van der Waals surface area contributed by atoms with E-state index in [-0.39, 0.29) is 29.6 Å². The Kier molecular flexibility index (Phi) is 4.23. The number of aromatic amines is 1. The molecule has 0 atom stereocenters. The second kappa shape index (κ2) is 4.13. The Morgan fingerprint density at radius 3 is 2.75 bits per heavy atom. The van der Waals surface area contributed by atoms with Crippen molar-refractivity contribution in [2.45, 2.75) is 13.3 Å². The molecule has 1 radical (unpaired) electrons. The molecule has 0 aliphatic rings. The fourth-order valence-electron chi connectivity index (χ4n) is 0.491. The number of hydrogen-bond acceptors (Lipinski definition) is 1. The summed E-state index contributed by atoms with van der Waals surface area (Å²) < 4.78 is 0. The van der Waals surface area contributed by atoms with E-state index < -0.39 is 0 Å². The van der Waals surface area contributed by atoms with E-state index in [4.69, 9.17) is 0 Å². The molecule has 0 aliphatic heterocycles. The Morgan fingerprint density at radius 1 is 1.75 bits per heavy atom. The molecule has 0 aliphatic carbocycles. The van der Waals surface area contributed by atoms with Gasteiger partial charge in [-0.1, -0.05) is 6.92 Å². The molecule has 0 spiro atoms. The van der Waals surface area contributed by atoms with Crippen molar-refractivity contribution >= 4 is 29.6 Å². The second-order valence-corrected chi connectivity index (χ2v) is 1.39. The van der Waals surface area contributed by atoms with E-state index in [1.807, 2.05) is 6.20 Å². The Balaban J connectivity index is 0.000000490. The Labute approximate surface area is 71.0 Å². The fraction of sp³-hybridized carbons (Fsp3) is 0.400. The molecule has 2 nitrogen and oxygen atoms in total. The summed E-state index contributed by atoms with van der Waals surface area (Å²) in [6.45, 7) is 2.07. The first-order valence-corrected chi connectivity index (χ1v) is 2.41. The second-order valence-electron chi connectivity index (χ2n) is 1.39. The van der Waals surface area contributed by atoms with Gasteiger partial charge in [-0.25, -0.2) is 4.98 Å². The van der Waals surface area contributed by atoms with Gasteiger partial charge in [0.15, 0.2) is 0 Å². The van der Waals surface area contributed by atoms with Crippen molar-refractivity contribution in [3.8, 4) is 0 Å². The third-order valence-electron chi connectivity index (χ3n) is 0.890. The average molecular weight is 119 g/mol. The van der Waals surface area contributed by atoms with Gasteiger partial charge in [0, 0.05) is 48.4 Å². The van der Waals surface area contributed by atoms with Crippen molar-refractivity contribution in [3.05, 3.63) is 18.2 Å². The number of nitrogens with zero attached hydrogens (tertiary/aromatic N) is 1. The molecule has 0 saturated carbocycles. The van der Waals surface area contributed by atoms with Gasteiger partial charge in [-0.3, -0.25) is 0 Å². The van der Waals surface area contributed by atoms with E-state index in [0.717, 1.165) is 12.2 Å². The van der Waals surface area contributed by atoms with Gasteiger partial charge < -0.3 is 4.98 Å². The first-order valence-electron chi connectivity index (χ1n) is 2.41. The monoisotopic (exact) mass is 119 g/mol. The smallest absolute Gasteiger partial charge is 0.105 e.